The SMILES string of the molecule is COc1ccc(C2(c3nnc([C@@H](C)Oc4ccc(F)cc4)o3)CCOCC2)cc1. The molecule has 0 radical (unpaired) electrons. The zero-order chi connectivity index (χ0) is 20.3. The van der Waals surface area contributed by atoms with Crippen LogP contribution in [0.1, 0.15) is 43.2 Å². The molecule has 1 fully saturated rings. The first kappa shape index (κ1) is 19.4. The van der Waals surface area contributed by atoms with Crippen LogP contribution in [0.2, 0.25) is 0 Å². The lowest BCUT2D eigenvalue weighted by molar-refractivity contribution is 0.0530. The van der Waals surface area contributed by atoms with Crippen LogP contribution in [-0.4, -0.2) is 30.5 Å². The van der Waals surface area contributed by atoms with Crippen molar-refractivity contribution in [3.63, 3.8) is 0 Å². The zero-order valence-electron chi connectivity index (χ0n) is 16.4. The summed E-state index contributed by atoms with van der Waals surface area (Å²) in [5, 5.41) is 8.59. The molecule has 1 saturated heterocycles. The second-order valence-electron chi connectivity index (χ2n) is 7.08. The monoisotopic (exact) mass is 398 g/mol. The summed E-state index contributed by atoms with van der Waals surface area (Å²) in [5.41, 5.74) is 0.676. The van der Waals surface area contributed by atoms with Gasteiger partial charge < -0.3 is 18.6 Å². The molecule has 0 aliphatic carbocycles. The van der Waals surface area contributed by atoms with Gasteiger partial charge in [-0.15, -0.1) is 10.2 Å². The zero-order valence-corrected chi connectivity index (χ0v) is 16.4. The van der Waals surface area contributed by atoms with Crippen molar-refractivity contribution in [2.45, 2.75) is 31.3 Å². The van der Waals surface area contributed by atoms with Crippen molar-refractivity contribution >= 4 is 0 Å². The molecule has 1 aliphatic heterocycles. The normalized spacial score (nSPS) is 16.9. The average molecular weight is 398 g/mol. The van der Waals surface area contributed by atoms with Crippen molar-refractivity contribution in [1.29, 1.82) is 0 Å². The van der Waals surface area contributed by atoms with Gasteiger partial charge in [-0.25, -0.2) is 4.39 Å². The molecule has 2 aromatic carbocycles. The summed E-state index contributed by atoms with van der Waals surface area (Å²) in [6.07, 6.45) is 1.02. The van der Waals surface area contributed by atoms with Crippen LogP contribution in [0.5, 0.6) is 11.5 Å². The number of hydrogen-bond acceptors (Lipinski definition) is 6. The molecule has 0 amide bonds. The fraction of sp³-hybridized carbons (Fsp3) is 0.364. The third kappa shape index (κ3) is 3.96. The Bertz CT molecular complexity index is 934. The number of methoxy groups -OCH3 is 1. The van der Waals surface area contributed by atoms with E-state index in [9.17, 15) is 4.39 Å². The van der Waals surface area contributed by atoms with Gasteiger partial charge in [0.25, 0.3) is 5.89 Å². The van der Waals surface area contributed by atoms with Crippen LogP contribution < -0.4 is 9.47 Å². The molecular formula is C22H23FN2O4. The molecule has 7 heteroatoms. The van der Waals surface area contributed by atoms with Crippen LogP contribution in [0.4, 0.5) is 4.39 Å². The molecule has 0 bridgehead atoms. The summed E-state index contributed by atoms with van der Waals surface area (Å²) >= 11 is 0. The van der Waals surface area contributed by atoms with E-state index in [1.54, 1.807) is 19.2 Å². The molecule has 29 heavy (non-hydrogen) atoms. The van der Waals surface area contributed by atoms with E-state index in [2.05, 4.69) is 10.2 Å². The fourth-order valence-electron chi connectivity index (χ4n) is 3.62. The highest BCUT2D eigenvalue weighted by Gasteiger charge is 2.41. The summed E-state index contributed by atoms with van der Waals surface area (Å²) in [5.74, 6) is 1.95. The van der Waals surface area contributed by atoms with Crippen molar-refractivity contribution in [1.82, 2.24) is 10.2 Å². The minimum atomic E-state index is -0.463. The lowest BCUT2D eigenvalue weighted by Gasteiger charge is -2.34. The van der Waals surface area contributed by atoms with Gasteiger partial charge in [-0.05, 0) is 61.7 Å². The number of halogens is 1. The third-order valence-corrected chi connectivity index (χ3v) is 5.31. The van der Waals surface area contributed by atoms with E-state index >= 15 is 0 Å². The highest BCUT2D eigenvalue weighted by atomic mass is 19.1. The van der Waals surface area contributed by atoms with Crippen LogP contribution in [0.15, 0.2) is 52.9 Å². The van der Waals surface area contributed by atoms with Gasteiger partial charge in [0.15, 0.2) is 6.10 Å². The molecule has 1 atom stereocenters. The van der Waals surface area contributed by atoms with Gasteiger partial charge in [-0.3, -0.25) is 0 Å². The van der Waals surface area contributed by atoms with Crippen molar-refractivity contribution in [3.05, 3.63) is 71.7 Å². The number of ether oxygens (including phenoxy) is 3. The second-order valence-corrected chi connectivity index (χ2v) is 7.08. The predicted molar refractivity (Wildman–Crippen MR) is 104 cm³/mol. The van der Waals surface area contributed by atoms with Gasteiger partial charge in [-0.2, -0.15) is 0 Å². The Labute approximate surface area is 168 Å². The minimum Gasteiger partial charge on any atom is -0.497 e. The van der Waals surface area contributed by atoms with Crippen LogP contribution in [-0.2, 0) is 10.2 Å². The van der Waals surface area contributed by atoms with Gasteiger partial charge in [0.05, 0.1) is 12.5 Å². The van der Waals surface area contributed by atoms with Gasteiger partial charge in [0.2, 0.25) is 5.89 Å². The molecule has 0 saturated carbocycles. The molecule has 1 aromatic heterocycles. The molecule has 4 rings (SSSR count). The van der Waals surface area contributed by atoms with E-state index in [4.69, 9.17) is 18.6 Å². The standard InChI is InChI=1S/C22H23FN2O4/c1-15(28-19-9-5-17(23)6-10-19)20-24-25-21(29-20)22(11-13-27-14-12-22)16-3-7-18(26-2)8-4-16/h3-10,15H,11-14H2,1-2H3/t15-/m1/s1. The molecule has 3 aromatic rings. The number of nitrogens with zero attached hydrogens (tertiary/aromatic N) is 2. The maximum Gasteiger partial charge on any atom is 0.256 e. The Balaban J connectivity index is 1.60. The van der Waals surface area contributed by atoms with Crippen molar-refractivity contribution in [3.8, 4) is 11.5 Å². The molecule has 2 heterocycles. The first-order chi connectivity index (χ1) is 14.1. The lowest BCUT2D eigenvalue weighted by atomic mass is 9.74. The second kappa shape index (κ2) is 8.21. The van der Waals surface area contributed by atoms with E-state index in [0.717, 1.165) is 24.2 Å². The Morgan fingerprint density at radius 1 is 0.966 bits per heavy atom. The van der Waals surface area contributed by atoms with Crippen LogP contribution in [0.25, 0.3) is 0 Å². The summed E-state index contributed by atoms with van der Waals surface area (Å²) in [4.78, 5) is 0. The van der Waals surface area contributed by atoms with Gasteiger partial charge in [0, 0.05) is 13.2 Å². The fourth-order valence-corrected chi connectivity index (χ4v) is 3.62. The summed E-state index contributed by atoms with van der Waals surface area (Å²) in [6, 6.07) is 13.8. The lowest BCUT2D eigenvalue weighted by Crippen LogP contribution is -2.35. The van der Waals surface area contributed by atoms with Crippen LogP contribution >= 0.6 is 0 Å². The Morgan fingerprint density at radius 3 is 2.28 bits per heavy atom. The van der Waals surface area contributed by atoms with Crippen molar-refractivity contribution < 1.29 is 23.0 Å². The van der Waals surface area contributed by atoms with Crippen molar-refractivity contribution in [2.24, 2.45) is 0 Å². The molecule has 152 valence electrons. The number of rotatable bonds is 6. The molecule has 0 spiro atoms. The minimum absolute atomic E-state index is 0.314. The Kier molecular flexibility index (Phi) is 5.49. The van der Waals surface area contributed by atoms with Gasteiger partial charge in [-0.1, -0.05) is 12.1 Å². The first-order valence-electron chi connectivity index (χ1n) is 9.59. The van der Waals surface area contributed by atoms with E-state index in [-0.39, 0.29) is 5.82 Å². The predicted octanol–water partition coefficient (Wildman–Crippen LogP) is 4.45. The topological polar surface area (TPSA) is 66.6 Å². The van der Waals surface area contributed by atoms with Gasteiger partial charge >= 0.3 is 0 Å². The number of aromatic nitrogens is 2. The third-order valence-electron chi connectivity index (χ3n) is 5.31. The molecule has 0 unspecified atom stereocenters. The Morgan fingerprint density at radius 2 is 1.62 bits per heavy atom. The summed E-state index contributed by atoms with van der Waals surface area (Å²) < 4.78 is 35.9. The van der Waals surface area contributed by atoms with E-state index < -0.39 is 11.5 Å². The molecule has 1 aliphatic rings. The molecule has 0 N–H and O–H groups in total. The summed E-state index contributed by atoms with van der Waals surface area (Å²) in [7, 11) is 1.64. The highest BCUT2D eigenvalue weighted by Crippen LogP contribution is 2.41. The Hall–Kier alpha value is -2.93. The average Bonchev–Trinajstić information content (AvgIpc) is 3.27. The maximum atomic E-state index is 13.1. The number of hydrogen-bond donors (Lipinski definition) is 0. The van der Waals surface area contributed by atoms with E-state index in [0.29, 0.717) is 30.7 Å². The molecular weight excluding hydrogens is 375 g/mol. The van der Waals surface area contributed by atoms with Gasteiger partial charge in [0.1, 0.15) is 17.3 Å². The summed E-state index contributed by atoms with van der Waals surface area (Å²) in [6.45, 7) is 3.06. The molecule has 6 nitrogen and oxygen atoms in total. The van der Waals surface area contributed by atoms with E-state index in [1.165, 1.54) is 12.1 Å². The largest absolute Gasteiger partial charge is 0.497 e. The van der Waals surface area contributed by atoms with Crippen molar-refractivity contribution in [2.75, 3.05) is 20.3 Å². The smallest absolute Gasteiger partial charge is 0.256 e. The van der Waals surface area contributed by atoms with E-state index in [1.807, 2.05) is 31.2 Å². The van der Waals surface area contributed by atoms with Crippen LogP contribution in [0, 0.1) is 5.82 Å². The first-order valence-corrected chi connectivity index (χ1v) is 9.59. The van der Waals surface area contributed by atoms with Crippen LogP contribution in [0.3, 0.4) is 0 Å². The number of benzene rings is 2. The quantitative estimate of drug-likeness (QED) is 0.611. The highest BCUT2D eigenvalue weighted by molar-refractivity contribution is 5.37. The maximum absolute atomic E-state index is 13.1.